The fourth-order valence-electron chi connectivity index (χ4n) is 2.38. The van der Waals surface area contributed by atoms with E-state index in [1.807, 2.05) is 38.3 Å². The van der Waals surface area contributed by atoms with E-state index in [4.69, 9.17) is 5.73 Å². The highest BCUT2D eigenvalue weighted by atomic mass is 32.1. The van der Waals surface area contributed by atoms with Gasteiger partial charge in [0, 0.05) is 9.75 Å². The molecule has 0 aliphatic rings. The summed E-state index contributed by atoms with van der Waals surface area (Å²) in [5, 5.41) is 8.46. The van der Waals surface area contributed by atoms with Gasteiger partial charge in [0.05, 0.1) is 29.2 Å². The van der Waals surface area contributed by atoms with E-state index in [-0.39, 0.29) is 18.4 Å². The first-order valence-corrected chi connectivity index (χ1v) is 8.89. The van der Waals surface area contributed by atoms with Crippen LogP contribution in [0, 0.1) is 13.8 Å². The first-order valence-electron chi connectivity index (χ1n) is 7.19. The Balaban J connectivity index is 2.01. The highest BCUT2D eigenvalue weighted by Gasteiger charge is 2.21. The summed E-state index contributed by atoms with van der Waals surface area (Å²) in [6.45, 7) is 5.81. The summed E-state index contributed by atoms with van der Waals surface area (Å²) in [5.74, 6) is -0.143. The van der Waals surface area contributed by atoms with Crippen LogP contribution in [0.25, 0.3) is 0 Å². The van der Waals surface area contributed by atoms with Crippen LogP contribution in [0.5, 0.6) is 0 Å². The number of nitrogens with two attached hydrogens (primary N) is 1. The minimum atomic E-state index is -0.641. The van der Waals surface area contributed by atoms with Crippen molar-refractivity contribution in [2.45, 2.75) is 39.3 Å². The second-order valence-corrected chi connectivity index (χ2v) is 7.47. The molecule has 2 heterocycles. The van der Waals surface area contributed by atoms with E-state index in [1.165, 1.54) is 11.3 Å². The third kappa shape index (κ3) is 4.77. The number of thiazole rings is 1. The van der Waals surface area contributed by atoms with E-state index in [0.717, 1.165) is 20.5 Å². The summed E-state index contributed by atoms with van der Waals surface area (Å²) in [5.41, 5.74) is 6.14. The lowest BCUT2D eigenvalue weighted by Crippen LogP contribution is -2.36. The van der Waals surface area contributed by atoms with E-state index < -0.39 is 12.1 Å². The molecule has 124 valence electrons. The van der Waals surface area contributed by atoms with Gasteiger partial charge in [-0.1, -0.05) is 6.07 Å². The average Bonchev–Trinajstić information content (AvgIpc) is 3.06. The standard InChI is InChI=1S/C15H20N4O2S2/c1-8-14(23-10(3)17-8)9(2)18-13(20)7-11(19-15(16)21)12-5-4-6-22-12/h4-6,9,11H,7H2,1-3H3,(H,18,20)(H3,16,19,21)/t9-,11-/m1/s1. The minimum absolute atomic E-state index is 0.119. The SMILES string of the molecule is Cc1nc(C)c([C@@H](C)NC(=O)C[C@@H](NC(N)=O)c2cccs2)s1. The average molecular weight is 352 g/mol. The van der Waals surface area contributed by atoms with Crippen LogP contribution < -0.4 is 16.4 Å². The second-order valence-electron chi connectivity index (χ2n) is 5.25. The second kappa shape index (κ2) is 7.56. The highest BCUT2D eigenvalue weighted by molar-refractivity contribution is 7.11. The molecule has 0 saturated carbocycles. The van der Waals surface area contributed by atoms with E-state index in [0.29, 0.717) is 0 Å². The molecule has 2 aromatic rings. The Morgan fingerprint density at radius 2 is 2.09 bits per heavy atom. The predicted molar refractivity (Wildman–Crippen MR) is 92.5 cm³/mol. The smallest absolute Gasteiger partial charge is 0.312 e. The number of urea groups is 1. The molecular weight excluding hydrogens is 332 g/mol. The Labute approximate surface area is 143 Å². The van der Waals surface area contributed by atoms with E-state index in [2.05, 4.69) is 15.6 Å². The number of amides is 3. The Morgan fingerprint density at radius 3 is 2.61 bits per heavy atom. The molecule has 8 heteroatoms. The molecule has 2 aromatic heterocycles. The first kappa shape index (κ1) is 17.4. The predicted octanol–water partition coefficient (Wildman–Crippen LogP) is 2.80. The Kier molecular flexibility index (Phi) is 5.73. The third-order valence-corrected chi connectivity index (χ3v) is 5.54. The molecule has 0 bridgehead atoms. The molecule has 0 aromatic carbocycles. The fourth-order valence-corrected chi connectivity index (χ4v) is 4.09. The van der Waals surface area contributed by atoms with Crippen molar-refractivity contribution < 1.29 is 9.59 Å². The van der Waals surface area contributed by atoms with Crippen LogP contribution >= 0.6 is 22.7 Å². The van der Waals surface area contributed by atoms with Gasteiger partial charge in [0.15, 0.2) is 0 Å². The summed E-state index contributed by atoms with van der Waals surface area (Å²) in [4.78, 5) is 29.8. The van der Waals surface area contributed by atoms with Crippen molar-refractivity contribution in [1.82, 2.24) is 15.6 Å². The Hall–Kier alpha value is -1.93. The number of hydrogen-bond donors (Lipinski definition) is 3. The maximum atomic E-state index is 12.3. The van der Waals surface area contributed by atoms with Gasteiger partial charge < -0.3 is 16.4 Å². The monoisotopic (exact) mass is 352 g/mol. The highest BCUT2D eigenvalue weighted by Crippen LogP contribution is 2.26. The topological polar surface area (TPSA) is 97.1 Å². The molecule has 0 radical (unpaired) electrons. The number of nitrogens with one attached hydrogen (secondary N) is 2. The summed E-state index contributed by atoms with van der Waals surface area (Å²) in [6, 6.07) is 2.58. The van der Waals surface area contributed by atoms with Crippen LogP contribution in [-0.2, 0) is 4.79 Å². The molecule has 0 unspecified atom stereocenters. The number of aromatic nitrogens is 1. The van der Waals surface area contributed by atoms with Gasteiger partial charge in [-0.15, -0.1) is 22.7 Å². The van der Waals surface area contributed by atoms with E-state index in [1.54, 1.807) is 11.3 Å². The lowest BCUT2D eigenvalue weighted by Gasteiger charge is -2.18. The molecule has 23 heavy (non-hydrogen) atoms. The van der Waals surface area contributed by atoms with Crippen LogP contribution in [-0.4, -0.2) is 16.9 Å². The van der Waals surface area contributed by atoms with Crippen LogP contribution in [0.2, 0.25) is 0 Å². The zero-order chi connectivity index (χ0) is 17.0. The van der Waals surface area contributed by atoms with Gasteiger partial charge in [0.2, 0.25) is 5.91 Å². The number of carbonyl (C=O) groups excluding carboxylic acids is 2. The number of carbonyl (C=O) groups is 2. The lowest BCUT2D eigenvalue weighted by atomic mass is 10.1. The third-order valence-electron chi connectivity index (χ3n) is 3.30. The zero-order valence-electron chi connectivity index (χ0n) is 13.3. The van der Waals surface area contributed by atoms with Crippen molar-refractivity contribution in [2.75, 3.05) is 0 Å². The number of nitrogens with zero attached hydrogens (tertiary/aromatic N) is 1. The molecule has 2 rings (SSSR count). The van der Waals surface area contributed by atoms with Gasteiger partial charge in [0.25, 0.3) is 0 Å². The molecule has 0 aliphatic heterocycles. The minimum Gasteiger partial charge on any atom is -0.352 e. The van der Waals surface area contributed by atoms with Crippen molar-refractivity contribution in [2.24, 2.45) is 5.73 Å². The van der Waals surface area contributed by atoms with Crippen LogP contribution in [0.1, 0.15) is 45.9 Å². The van der Waals surface area contributed by atoms with E-state index >= 15 is 0 Å². The largest absolute Gasteiger partial charge is 0.352 e. The first-order chi connectivity index (χ1) is 10.9. The van der Waals surface area contributed by atoms with Gasteiger partial charge in [-0.2, -0.15) is 0 Å². The van der Waals surface area contributed by atoms with Gasteiger partial charge in [0.1, 0.15) is 0 Å². The van der Waals surface area contributed by atoms with Crippen LogP contribution in [0.3, 0.4) is 0 Å². The molecule has 0 aliphatic carbocycles. The van der Waals surface area contributed by atoms with Crippen molar-refractivity contribution in [3.05, 3.63) is 38.0 Å². The molecule has 0 spiro atoms. The zero-order valence-corrected chi connectivity index (χ0v) is 14.9. The summed E-state index contributed by atoms with van der Waals surface area (Å²) in [6.07, 6.45) is 0.143. The van der Waals surface area contributed by atoms with Gasteiger partial charge in [-0.05, 0) is 32.2 Å². The number of aryl methyl sites for hydroxylation is 2. The van der Waals surface area contributed by atoms with E-state index in [9.17, 15) is 9.59 Å². The molecule has 6 nitrogen and oxygen atoms in total. The van der Waals surface area contributed by atoms with Crippen molar-refractivity contribution in [3.63, 3.8) is 0 Å². The maximum Gasteiger partial charge on any atom is 0.312 e. The van der Waals surface area contributed by atoms with Gasteiger partial charge >= 0.3 is 6.03 Å². The normalized spacial score (nSPS) is 13.3. The molecule has 0 saturated heterocycles. The molecular formula is C15H20N4O2S2. The lowest BCUT2D eigenvalue weighted by molar-refractivity contribution is -0.122. The van der Waals surface area contributed by atoms with Crippen LogP contribution in [0.4, 0.5) is 4.79 Å². The van der Waals surface area contributed by atoms with Crippen molar-refractivity contribution in [1.29, 1.82) is 0 Å². The molecule has 3 amide bonds. The Morgan fingerprint density at radius 1 is 1.35 bits per heavy atom. The molecule has 0 fully saturated rings. The van der Waals surface area contributed by atoms with Gasteiger partial charge in [-0.3, -0.25) is 4.79 Å². The summed E-state index contributed by atoms with van der Waals surface area (Å²) >= 11 is 3.06. The number of thiophene rings is 1. The fraction of sp³-hybridized carbons (Fsp3) is 0.400. The number of primary amides is 1. The molecule has 4 N–H and O–H groups in total. The quantitative estimate of drug-likeness (QED) is 0.745. The number of hydrogen-bond acceptors (Lipinski definition) is 5. The van der Waals surface area contributed by atoms with Gasteiger partial charge in [-0.25, -0.2) is 9.78 Å². The maximum absolute atomic E-state index is 12.3. The Bertz CT molecular complexity index is 682. The summed E-state index contributed by atoms with van der Waals surface area (Å²) < 4.78 is 0. The summed E-state index contributed by atoms with van der Waals surface area (Å²) in [7, 11) is 0. The molecule has 2 atom stereocenters. The number of rotatable bonds is 6. The van der Waals surface area contributed by atoms with Crippen molar-refractivity contribution >= 4 is 34.6 Å². The van der Waals surface area contributed by atoms with Crippen molar-refractivity contribution in [3.8, 4) is 0 Å². The van der Waals surface area contributed by atoms with Crippen LogP contribution in [0.15, 0.2) is 17.5 Å².